The fourth-order valence-corrected chi connectivity index (χ4v) is 4.20. The van der Waals surface area contributed by atoms with Crippen molar-refractivity contribution in [3.63, 3.8) is 0 Å². The lowest BCUT2D eigenvalue weighted by Crippen LogP contribution is -2.38. The first-order valence-electron chi connectivity index (χ1n) is 9.98. The SMILES string of the molecule is C=C=C(/C=C\N(C)C)c1cc(Cl)c(F)c2c1c1c(n2CCOC)CCN(C(=O)CO)C1. The summed E-state index contributed by atoms with van der Waals surface area (Å²) in [5.74, 6) is -0.864. The van der Waals surface area contributed by atoms with Crippen LogP contribution >= 0.6 is 11.6 Å². The second-order valence-corrected chi connectivity index (χ2v) is 8.01. The van der Waals surface area contributed by atoms with Gasteiger partial charge in [-0.1, -0.05) is 18.2 Å². The first-order chi connectivity index (χ1) is 14.8. The van der Waals surface area contributed by atoms with Gasteiger partial charge in [-0.3, -0.25) is 4.79 Å². The maximum Gasteiger partial charge on any atom is 0.248 e. The monoisotopic (exact) mass is 447 g/mol. The van der Waals surface area contributed by atoms with Gasteiger partial charge in [-0.15, -0.1) is 5.73 Å². The molecule has 166 valence electrons. The lowest BCUT2D eigenvalue weighted by atomic mass is 9.96. The molecular formula is C23H27ClFN3O3. The van der Waals surface area contributed by atoms with Crippen LogP contribution in [0.4, 0.5) is 4.39 Å². The Labute approximate surface area is 186 Å². The number of methoxy groups -OCH3 is 1. The second-order valence-electron chi connectivity index (χ2n) is 7.61. The molecular weight excluding hydrogens is 421 g/mol. The van der Waals surface area contributed by atoms with Crippen LogP contribution in [0.15, 0.2) is 30.7 Å². The maximum absolute atomic E-state index is 15.4. The van der Waals surface area contributed by atoms with Crippen molar-refractivity contribution < 1.29 is 19.0 Å². The van der Waals surface area contributed by atoms with Gasteiger partial charge in [0.25, 0.3) is 0 Å². The molecule has 6 nitrogen and oxygen atoms in total. The number of halogens is 2. The van der Waals surface area contributed by atoms with Crippen LogP contribution in [0.25, 0.3) is 16.5 Å². The second kappa shape index (κ2) is 9.71. The summed E-state index contributed by atoms with van der Waals surface area (Å²) < 4.78 is 22.5. The minimum absolute atomic E-state index is 0.00491. The van der Waals surface area contributed by atoms with Gasteiger partial charge in [0.15, 0.2) is 5.82 Å². The molecule has 2 aromatic rings. The largest absolute Gasteiger partial charge is 0.387 e. The highest BCUT2D eigenvalue weighted by molar-refractivity contribution is 6.32. The number of hydrogen-bond donors (Lipinski definition) is 1. The first-order valence-corrected chi connectivity index (χ1v) is 10.4. The van der Waals surface area contributed by atoms with E-state index in [0.717, 1.165) is 11.3 Å². The van der Waals surface area contributed by atoms with Crippen LogP contribution in [0, 0.1) is 5.82 Å². The highest BCUT2D eigenvalue weighted by atomic mass is 35.5. The molecule has 1 aromatic carbocycles. The van der Waals surface area contributed by atoms with Gasteiger partial charge in [-0.05, 0) is 18.3 Å². The number of ether oxygens (including phenoxy) is 1. The summed E-state index contributed by atoms with van der Waals surface area (Å²) in [6.45, 7) is 4.83. The van der Waals surface area contributed by atoms with Crippen molar-refractivity contribution in [1.29, 1.82) is 0 Å². The van der Waals surface area contributed by atoms with E-state index in [9.17, 15) is 9.90 Å². The Balaban J connectivity index is 2.34. The number of hydrogen-bond acceptors (Lipinski definition) is 4. The molecule has 0 bridgehead atoms. The molecule has 0 fully saturated rings. The van der Waals surface area contributed by atoms with Crippen molar-refractivity contribution in [2.75, 3.05) is 41.0 Å². The average Bonchev–Trinajstić information content (AvgIpc) is 3.08. The summed E-state index contributed by atoms with van der Waals surface area (Å²) in [7, 11) is 5.39. The van der Waals surface area contributed by atoms with E-state index in [4.69, 9.17) is 16.3 Å². The Kier molecular flexibility index (Phi) is 7.23. The third kappa shape index (κ3) is 4.41. The van der Waals surface area contributed by atoms with E-state index in [-0.39, 0.29) is 17.5 Å². The van der Waals surface area contributed by atoms with Crippen molar-refractivity contribution in [1.82, 2.24) is 14.4 Å². The van der Waals surface area contributed by atoms with Crippen LogP contribution in [0.2, 0.25) is 5.02 Å². The van der Waals surface area contributed by atoms with E-state index in [0.29, 0.717) is 48.2 Å². The molecule has 1 aliphatic heterocycles. The molecule has 1 aliphatic rings. The minimum atomic E-state index is -0.561. The third-order valence-electron chi connectivity index (χ3n) is 5.44. The van der Waals surface area contributed by atoms with Gasteiger partial charge in [-0.2, -0.15) is 0 Å². The molecule has 0 spiro atoms. The number of aliphatic hydroxyl groups is 1. The van der Waals surface area contributed by atoms with Crippen molar-refractivity contribution in [2.45, 2.75) is 19.5 Å². The Morgan fingerprint density at radius 3 is 2.84 bits per heavy atom. The molecule has 0 aliphatic carbocycles. The number of amides is 1. The van der Waals surface area contributed by atoms with Gasteiger partial charge in [0, 0.05) is 75.0 Å². The number of nitrogens with zero attached hydrogens (tertiary/aromatic N) is 3. The Hall–Kier alpha value is -2.57. The predicted molar refractivity (Wildman–Crippen MR) is 120 cm³/mol. The lowest BCUT2D eigenvalue weighted by molar-refractivity contribution is -0.135. The summed E-state index contributed by atoms with van der Waals surface area (Å²) >= 11 is 6.31. The molecule has 1 N–H and O–H groups in total. The summed E-state index contributed by atoms with van der Waals surface area (Å²) in [4.78, 5) is 15.6. The maximum atomic E-state index is 15.4. The van der Waals surface area contributed by atoms with E-state index >= 15 is 4.39 Å². The number of allylic oxidation sites excluding steroid dienone is 2. The van der Waals surface area contributed by atoms with Crippen molar-refractivity contribution in [3.05, 3.63) is 58.3 Å². The number of benzene rings is 1. The Morgan fingerprint density at radius 1 is 1.48 bits per heavy atom. The lowest BCUT2D eigenvalue weighted by Gasteiger charge is -2.28. The molecule has 3 rings (SSSR count). The summed E-state index contributed by atoms with van der Waals surface area (Å²) in [5.41, 5.74) is 6.46. The van der Waals surface area contributed by atoms with Crippen LogP contribution in [0.1, 0.15) is 16.8 Å². The Bertz CT molecular complexity index is 1080. The molecule has 31 heavy (non-hydrogen) atoms. The van der Waals surface area contributed by atoms with Crippen molar-refractivity contribution >= 4 is 34.0 Å². The molecule has 0 saturated heterocycles. The van der Waals surface area contributed by atoms with Gasteiger partial charge in [-0.25, -0.2) is 4.39 Å². The van der Waals surface area contributed by atoms with E-state index in [1.165, 1.54) is 0 Å². The fraction of sp³-hybridized carbons (Fsp3) is 0.391. The molecule has 1 aromatic heterocycles. The number of aromatic nitrogens is 1. The smallest absolute Gasteiger partial charge is 0.248 e. The number of carbonyl (C=O) groups is 1. The normalized spacial score (nSPS) is 13.5. The summed E-state index contributed by atoms with van der Waals surface area (Å²) in [6, 6.07) is 1.58. The van der Waals surface area contributed by atoms with Crippen molar-refractivity contribution in [2.24, 2.45) is 0 Å². The topological polar surface area (TPSA) is 57.9 Å². The first kappa shape index (κ1) is 23.1. The van der Waals surface area contributed by atoms with Gasteiger partial charge in [0.05, 0.1) is 17.1 Å². The molecule has 1 amide bonds. The summed E-state index contributed by atoms with van der Waals surface area (Å²) in [5, 5.41) is 10.0. The quantitative estimate of drug-likeness (QED) is 0.523. The highest BCUT2D eigenvalue weighted by Gasteiger charge is 2.30. The van der Waals surface area contributed by atoms with E-state index in [2.05, 4.69) is 12.3 Å². The van der Waals surface area contributed by atoms with E-state index in [1.54, 1.807) is 18.1 Å². The number of carbonyl (C=O) groups excluding carboxylic acids is 1. The number of rotatable bonds is 7. The van der Waals surface area contributed by atoms with E-state index in [1.807, 2.05) is 35.8 Å². The van der Waals surface area contributed by atoms with Crippen LogP contribution < -0.4 is 0 Å². The zero-order valence-corrected chi connectivity index (χ0v) is 18.8. The van der Waals surface area contributed by atoms with Gasteiger partial charge < -0.3 is 24.2 Å². The Morgan fingerprint density at radius 2 is 2.23 bits per heavy atom. The minimum Gasteiger partial charge on any atom is -0.387 e. The van der Waals surface area contributed by atoms with Gasteiger partial charge in [0.2, 0.25) is 5.91 Å². The third-order valence-corrected chi connectivity index (χ3v) is 5.71. The standard InChI is InChI=1S/C23H27ClFN3O3/c1-5-15(6-8-26(2)3)16-12-18(24)22(25)23-21(16)17-13-27(20(30)14-29)9-7-19(17)28(23)10-11-31-4/h6,8,12,29H,1,7,9-11,13-14H2,2-4H3/b8-6-. The zero-order chi connectivity index (χ0) is 22.7. The van der Waals surface area contributed by atoms with E-state index < -0.39 is 12.4 Å². The number of fused-ring (bicyclic) bond motifs is 3. The summed E-state index contributed by atoms with van der Waals surface area (Å²) in [6.07, 6.45) is 4.23. The molecule has 8 heteroatoms. The molecule has 0 atom stereocenters. The van der Waals surface area contributed by atoms with Crippen LogP contribution in [0.5, 0.6) is 0 Å². The molecule has 0 saturated carbocycles. The fourth-order valence-electron chi connectivity index (χ4n) is 4.00. The van der Waals surface area contributed by atoms with Crippen molar-refractivity contribution in [3.8, 4) is 0 Å². The van der Waals surface area contributed by atoms with Gasteiger partial charge >= 0.3 is 0 Å². The molecule has 0 unspecified atom stereocenters. The zero-order valence-electron chi connectivity index (χ0n) is 18.0. The molecule has 0 radical (unpaired) electrons. The number of aliphatic hydroxyl groups excluding tert-OH is 1. The van der Waals surface area contributed by atoms with Crippen LogP contribution in [-0.4, -0.2) is 66.3 Å². The average molecular weight is 448 g/mol. The predicted octanol–water partition coefficient (Wildman–Crippen LogP) is 3.20. The highest BCUT2D eigenvalue weighted by Crippen LogP contribution is 2.40. The van der Waals surface area contributed by atoms with Gasteiger partial charge in [0.1, 0.15) is 6.61 Å². The molecule has 2 heterocycles. The van der Waals surface area contributed by atoms with Crippen LogP contribution in [0.3, 0.4) is 0 Å². The van der Waals surface area contributed by atoms with Crippen LogP contribution in [-0.2, 0) is 29.0 Å².